The molecule has 0 spiro atoms. The lowest BCUT2D eigenvalue weighted by Crippen LogP contribution is -2.03. The average molecular weight is 303 g/mol. The van der Waals surface area contributed by atoms with E-state index < -0.39 is 5.63 Å². The van der Waals surface area contributed by atoms with Gasteiger partial charge in [0, 0.05) is 21.4 Å². The number of benzene rings is 1. The van der Waals surface area contributed by atoms with Crippen molar-refractivity contribution in [3.8, 4) is 17.2 Å². The van der Waals surface area contributed by atoms with Crippen molar-refractivity contribution in [1.82, 2.24) is 0 Å². The SMILES string of the molecule is N#Cc1c(-c2cc3cc(Cl)ccc3oc2=O)csc1N. The van der Waals surface area contributed by atoms with Crippen molar-refractivity contribution in [3.05, 3.63) is 50.7 Å². The van der Waals surface area contributed by atoms with E-state index in [2.05, 4.69) is 0 Å². The van der Waals surface area contributed by atoms with E-state index in [0.29, 0.717) is 37.7 Å². The number of halogens is 1. The second kappa shape index (κ2) is 4.67. The highest BCUT2D eigenvalue weighted by molar-refractivity contribution is 7.14. The molecule has 0 saturated heterocycles. The first-order chi connectivity index (χ1) is 9.60. The molecule has 3 rings (SSSR count). The number of hydrogen-bond acceptors (Lipinski definition) is 5. The lowest BCUT2D eigenvalue weighted by molar-refractivity contribution is 0.563. The molecule has 4 nitrogen and oxygen atoms in total. The first-order valence-corrected chi connectivity index (χ1v) is 6.87. The van der Waals surface area contributed by atoms with Gasteiger partial charge in [0.25, 0.3) is 0 Å². The number of anilines is 1. The number of nitrogens with two attached hydrogens (primary N) is 1. The molecule has 0 bridgehead atoms. The van der Waals surface area contributed by atoms with E-state index in [-0.39, 0.29) is 0 Å². The monoisotopic (exact) mass is 302 g/mol. The summed E-state index contributed by atoms with van der Waals surface area (Å²) in [5.74, 6) is 0. The maximum atomic E-state index is 12.1. The summed E-state index contributed by atoms with van der Waals surface area (Å²) < 4.78 is 5.25. The van der Waals surface area contributed by atoms with Crippen LogP contribution in [-0.4, -0.2) is 0 Å². The van der Waals surface area contributed by atoms with Crippen LogP contribution in [0.3, 0.4) is 0 Å². The Morgan fingerprint density at radius 1 is 1.30 bits per heavy atom. The van der Waals surface area contributed by atoms with Gasteiger partial charge in [0.2, 0.25) is 0 Å². The summed E-state index contributed by atoms with van der Waals surface area (Å²) in [5, 5.41) is 12.4. The van der Waals surface area contributed by atoms with E-state index in [1.165, 1.54) is 11.3 Å². The van der Waals surface area contributed by atoms with Crippen molar-refractivity contribution in [2.75, 3.05) is 5.73 Å². The molecule has 0 aliphatic heterocycles. The number of nitriles is 1. The van der Waals surface area contributed by atoms with Crippen molar-refractivity contribution in [3.63, 3.8) is 0 Å². The van der Waals surface area contributed by atoms with Gasteiger partial charge >= 0.3 is 5.63 Å². The minimum Gasteiger partial charge on any atom is -0.422 e. The van der Waals surface area contributed by atoms with Crippen molar-refractivity contribution < 1.29 is 4.42 Å². The van der Waals surface area contributed by atoms with Crippen LogP contribution < -0.4 is 11.4 Å². The van der Waals surface area contributed by atoms with Gasteiger partial charge < -0.3 is 10.2 Å². The zero-order valence-electron chi connectivity index (χ0n) is 10.0. The van der Waals surface area contributed by atoms with E-state index in [1.807, 2.05) is 6.07 Å². The first-order valence-electron chi connectivity index (χ1n) is 5.61. The maximum absolute atomic E-state index is 12.1. The predicted octanol–water partition coefficient (Wildman–Crippen LogP) is 3.63. The third-order valence-electron chi connectivity index (χ3n) is 2.92. The van der Waals surface area contributed by atoms with Crippen LogP contribution in [0.25, 0.3) is 22.1 Å². The molecule has 0 aliphatic rings. The molecule has 0 aliphatic carbocycles. The first kappa shape index (κ1) is 12.7. The largest absolute Gasteiger partial charge is 0.422 e. The van der Waals surface area contributed by atoms with E-state index >= 15 is 0 Å². The fourth-order valence-electron chi connectivity index (χ4n) is 1.97. The van der Waals surface area contributed by atoms with Crippen LogP contribution in [0.2, 0.25) is 5.02 Å². The minimum absolute atomic E-state index is 0.295. The normalized spacial score (nSPS) is 10.6. The summed E-state index contributed by atoms with van der Waals surface area (Å²) in [6.45, 7) is 0. The predicted molar refractivity (Wildman–Crippen MR) is 79.9 cm³/mol. The van der Waals surface area contributed by atoms with Crippen molar-refractivity contribution >= 4 is 38.9 Å². The molecule has 3 aromatic rings. The molecular formula is C14H7ClN2O2S. The highest BCUT2D eigenvalue weighted by Gasteiger charge is 2.15. The molecule has 0 radical (unpaired) electrons. The quantitative estimate of drug-likeness (QED) is 0.696. The second-order valence-corrected chi connectivity index (χ2v) is 5.48. The second-order valence-electron chi connectivity index (χ2n) is 4.13. The number of fused-ring (bicyclic) bond motifs is 1. The molecule has 1 aromatic carbocycles. The summed E-state index contributed by atoms with van der Waals surface area (Å²) in [6.07, 6.45) is 0. The molecule has 0 amide bonds. The lowest BCUT2D eigenvalue weighted by Gasteiger charge is -2.01. The zero-order valence-corrected chi connectivity index (χ0v) is 11.6. The van der Waals surface area contributed by atoms with Crippen LogP contribution in [0.4, 0.5) is 5.00 Å². The Balaban J connectivity index is 2.34. The number of nitrogen functional groups attached to an aromatic ring is 1. The fraction of sp³-hybridized carbons (Fsp3) is 0. The van der Waals surface area contributed by atoms with Crippen LogP contribution in [0.1, 0.15) is 5.56 Å². The summed E-state index contributed by atoms with van der Waals surface area (Å²) >= 11 is 7.15. The van der Waals surface area contributed by atoms with Crippen molar-refractivity contribution in [1.29, 1.82) is 5.26 Å². The average Bonchev–Trinajstić information content (AvgIpc) is 2.79. The third-order valence-corrected chi connectivity index (χ3v) is 3.96. The van der Waals surface area contributed by atoms with Crippen LogP contribution in [0.5, 0.6) is 0 Å². The van der Waals surface area contributed by atoms with Crippen molar-refractivity contribution in [2.24, 2.45) is 0 Å². The Morgan fingerprint density at radius 2 is 2.10 bits per heavy atom. The number of rotatable bonds is 1. The van der Waals surface area contributed by atoms with Crippen molar-refractivity contribution in [2.45, 2.75) is 0 Å². The molecule has 0 saturated carbocycles. The van der Waals surface area contributed by atoms with Crippen LogP contribution >= 0.6 is 22.9 Å². The highest BCUT2D eigenvalue weighted by atomic mass is 35.5. The zero-order chi connectivity index (χ0) is 14.3. The Hall–Kier alpha value is -2.29. The molecule has 0 atom stereocenters. The number of hydrogen-bond donors (Lipinski definition) is 1. The van der Waals surface area contributed by atoms with Gasteiger partial charge in [-0.2, -0.15) is 5.26 Å². The van der Waals surface area contributed by atoms with Crippen LogP contribution in [-0.2, 0) is 0 Å². The Bertz CT molecular complexity index is 921. The molecule has 20 heavy (non-hydrogen) atoms. The fourth-order valence-corrected chi connectivity index (χ4v) is 2.91. The molecule has 6 heteroatoms. The maximum Gasteiger partial charge on any atom is 0.344 e. The van der Waals surface area contributed by atoms with Gasteiger partial charge in [0.05, 0.1) is 11.1 Å². The summed E-state index contributed by atoms with van der Waals surface area (Å²) in [5.41, 5.74) is 6.76. The van der Waals surface area contributed by atoms with Gasteiger partial charge in [0.15, 0.2) is 0 Å². The van der Waals surface area contributed by atoms with Gasteiger partial charge in [-0.3, -0.25) is 0 Å². The minimum atomic E-state index is -0.505. The summed E-state index contributed by atoms with van der Waals surface area (Å²) in [6, 6.07) is 8.65. The molecule has 0 unspecified atom stereocenters. The van der Waals surface area contributed by atoms with Gasteiger partial charge in [-0.25, -0.2) is 4.79 Å². The summed E-state index contributed by atoms with van der Waals surface area (Å²) in [7, 11) is 0. The summed E-state index contributed by atoms with van der Waals surface area (Å²) in [4.78, 5) is 12.1. The number of thiophene rings is 1. The molecule has 98 valence electrons. The molecular weight excluding hydrogens is 296 g/mol. The van der Waals surface area contributed by atoms with Gasteiger partial charge in [-0.15, -0.1) is 11.3 Å². The molecule has 0 fully saturated rings. The smallest absolute Gasteiger partial charge is 0.344 e. The van der Waals surface area contributed by atoms with E-state index in [1.54, 1.807) is 29.6 Å². The van der Waals surface area contributed by atoms with E-state index in [0.717, 1.165) is 0 Å². The molecule has 2 aromatic heterocycles. The van der Waals surface area contributed by atoms with Crippen LogP contribution in [0.15, 0.2) is 38.9 Å². The van der Waals surface area contributed by atoms with Gasteiger partial charge in [-0.1, -0.05) is 11.6 Å². The Labute approximate surface area is 122 Å². The molecule has 2 heterocycles. The molecule has 2 N–H and O–H groups in total. The standard InChI is InChI=1S/C14H7ClN2O2S/c15-8-1-2-12-7(3-8)4-9(14(18)19-12)11-6-20-13(17)10(11)5-16/h1-4,6H,17H2. The lowest BCUT2D eigenvalue weighted by atomic mass is 10.1. The highest BCUT2D eigenvalue weighted by Crippen LogP contribution is 2.32. The van der Waals surface area contributed by atoms with Gasteiger partial charge in [0.1, 0.15) is 16.7 Å². The third kappa shape index (κ3) is 1.95. The topological polar surface area (TPSA) is 80.0 Å². The van der Waals surface area contributed by atoms with E-state index in [4.69, 9.17) is 27.0 Å². The Kier molecular flexibility index (Phi) is 2.97. The van der Waals surface area contributed by atoms with E-state index in [9.17, 15) is 4.79 Å². The number of nitrogens with zero attached hydrogens (tertiary/aromatic N) is 1. The van der Waals surface area contributed by atoms with Gasteiger partial charge in [-0.05, 0) is 24.3 Å². The van der Waals surface area contributed by atoms with Crippen LogP contribution in [0, 0.1) is 11.3 Å². The Morgan fingerprint density at radius 3 is 2.85 bits per heavy atom.